The maximum atomic E-state index is 13.7. The minimum Gasteiger partial charge on any atom is -0.477 e. The molecular weight excluding hydrogens is 382 g/mol. The number of aromatic carboxylic acids is 1. The van der Waals surface area contributed by atoms with Gasteiger partial charge in [0.25, 0.3) is 0 Å². The minimum atomic E-state index is -1.07. The summed E-state index contributed by atoms with van der Waals surface area (Å²) in [6, 6.07) is 9.29. The van der Waals surface area contributed by atoms with Crippen LogP contribution in [0.15, 0.2) is 36.5 Å². The van der Waals surface area contributed by atoms with Crippen molar-refractivity contribution in [2.75, 3.05) is 18.1 Å². The van der Waals surface area contributed by atoms with Crippen LogP contribution >= 0.6 is 0 Å². The van der Waals surface area contributed by atoms with Gasteiger partial charge in [0.2, 0.25) is 5.91 Å². The highest BCUT2D eigenvalue weighted by atomic mass is 16.5. The lowest BCUT2D eigenvalue weighted by Gasteiger charge is -2.37. The monoisotopic (exact) mass is 411 g/mol. The first-order chi connectivity index (χ1) is 14.5. The molecule has 1 aliphatic heterocycles. The molecule has 1 saturated carbocycles. The predicted molar refractivity (Wildman–Crippen MR) is 113 cm³/mol. The molecule has 1 amide bonds. The molecule has 2 aliphatic rings. The molecule has 1 saturated heterocycles. The number of carbonyl (C=O) groups is 2. The third kappa shape index (κ3) is 4.26. The van der Waals surface area contributed by atoms with E-state index in [2.05, 4.69) is 12.0 Å². The number of hydrogen-bond donors (Lipinski definition) is 1. The quantitative estimate of drug-likeness (QED) is 0.806. The molecule has 30 heavy (non-hydrogen) atoms. The molecule has 0 unspecified atom stereocenters. The molecule has 1 N–H and O–H groups in total. The lowest BCUT2D eigenvalue weighted by atomic mass is 9.82. The minimum absolute atomic E-state index is 0.00890. The summed E-state index contributed by atoms with van der Waals surface area (Å²) in [6.07, 6.45) is 6.64. The van der Waals surface area contributed by atoms with Crippen LogP contribution < -0.4 is 4.90 Å². The fraction of sp³-hybridized carbons (Fsp3) is 0.522. The highest BCUT2D eigenvalue weighted by Gasteiger charge is 2.37. The Labute approximate surface area is 176 Å². The number of nitrogens with zero attached hydrogens (tertiary/aromatic N) is 3. The van der Waals surface area contributed by atoms with E-state index in [9.17, 15) is 14.7 Å². The summed E-state index contributed by atoms with van der Waals surface area (Å²) in [5.41, 5.74) is 0.819. The number of carboxylic acids is 1. The summed E-state index contributed by atoms with van der Waals surface area (Å²) in [6.45, 7) is 3.36. The fourth-order valence-corrected chi connectivity index (χ4v) is 4.51. The first-order valence-corrected chi connectivity index (χ1v) is 10.8. The number of ether oxygens (including phenoxy) is 1. The maximum absolute atomic E-state index is 13.7. The maximum Gasteiger partial charge on any atom is 0.341 e. The Morgan fingerprint density at radius 2 is 1.73 bits per heavy atom. The van der Waals surface area contributed by atoms with Gasteiger partial charge >= 0.3 is 5.97 Å². The van der Waals surface area contributed by atoms with Crippen molar-refractivity contribution >= 4 is 17.7 Å². The largest absolute Gasteiger partial charge is 0.477 e. The standard InChI is InChI=1S/C23H29N3O4/c1-16-7-9-17(10-8-16)22(27)26(19-11-13-30-14-12-19)21-20(23(28)29)15-25(24-21)18-5-3-2-4-6-18/h2-6,15-17,19H,7-14H2,1H3,(H,28,29)/t16-,17-. The van der Waals surface area contributed by atoms with Crippen molar-refractivity contribution in [3.8, 4) is 5.69 Å². The average molecular weight is 412 g/mol. The van der Waals surface area contributed by atoms with E-state index in [1.807, 2.05) is 30.3 Å². The fourth-order valence-electron chi connectivity index (χ4n) is 4.51. The zero-order chi connectivity index (χ0) is 21.1. The van der Waals surface area contributed by atoms with Gasteiger partial charge in [-0.3, -0.25) is 9.69 Å². The van der Waals surface area contributed by atoms with Crippen molar-refractivity contribution in [1.82, 2.24) is 9.78 Å². The Kier molecular flexibility index (Phi) is 6.18. The van der Waals surface area contributed by atoms with E-state index in [4.69, 9.17) is 4.74 Å². The molecule has 2 aromatic rings. The number of hydrogen-bond acceptors (Lipinski definition) is 4. The van der Waals surface area contributed by atoms with Crippen molar-refractivity contribution in [1.29, 1.82) is 0 Å². The van der Waals surface area contributed by atoms with Crippen LogP contribution in [-0.2, 0) is 9.53 Å². The van der Waals surface area contributed by atoms with Gasteiger partial charge in [0, 0.05) is 31.4 Å². The third-order valence-electron chi connectivity index (χ3n) is 6.33. The van der Waals surface area contributed by atoms with Crippen LogP contribution in [0, 0.1) is 11.8 Å². The van der Waals surface area contributed by atoms with E-state index >= 15 is 0 Å². The molecule has 0 bridgehead atoms. The molecule has 1 aromatic carbocycles. The average Bonchev–Trinajstić information content (AvgIpc) is 3.21. The number of benzene rings is 1. The zero-order valence-electron chi connectivity index (χ0n) is 17.4. The molecule has 0 atom stereocenters. The van der Waals surface area contributed by atoms with E-state index in [1.165, 1.54) is 6.20 Å². The molecule has 2 heterocycles. The molecule has 4 rings (SSSR count). The lowest BCUT2D eigenvalue weighted by molar-refractivity contribution is -0.124. The number of anilines is 1. The summed E-state index contributed by atoms with van der Waals surface area (Å²) < 4.78 is 7.05. The van der Waals surface area contributed by atoms with Gasteiger partial charge in [-0.25, -0.2) is 9.48 Å². The molecule has 7 nitrogen and oxygen atoms in total. The molecule has 0 spiro atoms. The van der Waals surface area contributed by atoms with Gasteiger partial charge in [-0.1, -0.05) is 25.1 Å². The smallest absolute Gasteiger partial charge is 0.341 e. The molecule has 7 heteroatoms. The Morgan fingerprint density at radius 3 is 2.37 bits per heavy atom. The SMILES string of the molecule is C[C@H]1CC[C@H](C(=O)N(c2nn(-c3ccccc3)cc2C(=O)O)C2CCOCC2)CC1. The van der Waals surface area contributed by atoms with E-state index in [-0.39, 0.29) is 29.2 Å². The van der Waals surface area contributed by atoms with Crippen molar-refractivity contribution in [2.24, 2.45) is 11.8 Å². The summed E-state index contributed by atoms with van der Waals surface area (Å²) in [7, 11) is 0. The molecular formula is C23H29N3O4. The van der Waals surface area contributed by atoms with Crippen molar-refractivity contribution in [2.45, 2.75) is 51.5 Å². The topological polar surface area (TPSA) is 84.7 Å². The van der Waals surface area contributed by atoms with Crippen LogP contribution in [0.4, 0.5) is 5.82 Å². The third-order valence-corrected chi connectivity index (χ3v) is 6.33. The molecule has 2 fully saturated rings. The molecule has 0 radical (unpaired) electrons. The van der Waals surface area contributed by atoms with Crippen LogP contribution in [0.1, 0.15) is 55.8 Å². The van der Waals surface area contributed by atoms with Gasteiger partial charge in [-0.05, 0) is 56.6 Å². The van der Waals surface area contributed by atoms with E-state index in [0.717, 1.165) is 31.4 Å². The summed E-state index contributed by atoms with van der Waals surface area (Å²) in [5, 5.41) is 14.5. The Bertz CT molecular complexity index is 881. The summed E-state index contributed by atoms with van der Waals surface area (Å²) >= 11 is 0. The first-order valence-electron chi connectivity index (χ1n) is 10.8. The van der Waals surface area contributed by atoms with Crippen LogP contribution in [0.5, 0.6) is 0 Å². The predicted octanol–water partition coefficient (Wildman–Crippen LogP) is 3.91. The number of para-hydroxylation sites is 1. The van der Waals surface area contributed by atoms with Gasteiger partial charge in [0.1, 0.15) is 5.56 Å². The second-order valence-corrected chi connectivity index (χ2v) is 8.46. The Hall–Kier alpha value is -2.67. The molecule has 1 aromatic heterocycles. The second kappa shape index (κ2) is 9.00. The number of amides is 1. The van der Waals surface area contributed by atoms with Gasteiger partial charge in [0.15, 0.2) is 5.82 Å². The number of carbonyl (C=O) groups excluding carboxylic acids is 1. The van der Waals surface area contributed by atoms with Gasteiger partial charge in [0.05, 0.1) is 5.69 Å². The van der Waals surface area contributed by atoms with Crippen molar-refractivity contribution in [3.05, 3.63) is 42.1 Å². The van der Waals surface area contributed by atoms with Crippen LogP contribution in [0.2, 0.25) is 0 Å². The van der Waals surface area contributed by atoms with Gasteiger partial charge in [-0.15, -0.1) is 5.10 Å². The van der Waals surface area contributed by atoms with Gasteiger partial charge < -0.3 is 9.84 Å². The summed E-state index contributed by atoms with van der Waals surface area (Å²) in [5.74, 6) is -0.254. The second-order valence-electron chi connectivity index (χ2n) is 8.46. The highest BCUT2D eigenvalue weighted by molar-refractivity contribution is 6.02. The van der Waals surface area contributed by atoms with E-state index in [0.29, 0.717) is 32.0 Å². The zero-order valence-corrected chi connectivity index (χ0v) is 17.4. The normalized spacial score (nSPS) is 22.6. The van der Waals surface area contributed by atoms with Crippen molar-refractivity contribution in [3.63, 3.8) is 0 Å². The highest BCUT2D eigenvalue weighted by Crippen LogP contribution is 2.34. The van der Waals surface area contributed by atoms with Crippen molar-refractivity contribution < 1.29 is 19.4 Å². The first kappa shape index (κ1) is 20.6. The summed E-state index contributed by atoms with van der Waals surface area (Å²) in [4.78, 5) is 27.4. The van der Waals surface area contributed by atoms with Crippen LogP contribution in [0.25, 0.3) is 5.69 Å². The Morgan fingerprint density at radius 1 is 1.07 bits per heavy atom. The molecule has 1 aliphatic carbocycles. The van der Waals surface area contributed by atoms with Gasteiger partial charge in [-0.2, -0.15) is 0 Å². The molecule has 160 valence electrons. The number of aromatic nitrogens is 2. The van der Waals surface area contributed by atoms with E-state index in [1.54, 1.807) is 9.58 Å². The van der Waals surface area contributed by atoms with Crippen LogP contribution in [0.3, 0.4) is 0 Å². The lowest BCUT2D eigenvalue weighted by Crippen LogP contribution is -2.47. The Balaban J connectivity index is 1.73. The number of carboxylic acid groups (broad SMARTS) is 1. The van der Waals surface area contributed by atoms with Crippen LogP contribution in [-0.4, -0.2) is 46.0 Å². The van der Waals surface area contributed by atoms with E-state index < -0.39 is 5.97 Å². The number of rotatable bonds is 5.